The second kappa shape index (κ2) is 3.09. The first-order chi connectivity index (χ1) is 4.70. The molecule has 1 saturated heterocycles. The van der Waals surface area contributed by atoms with Crippen LogP contribution < -0.4 is 0 Å². The molecule has 1 aliphatic rings. The summed E-state index contributed by atoms with van der Waals surface area (Å²) in [7, 11) is 0. The van der Waals surface area contributed by atoms with Crippen LogP contribution in [0.1, 0.15) is 26.7 Å². The van der Waals surface area contributed by atoms with Crippen molar-refractivity contribution in [2.45, 2.75) is 26.7 Å². The zero-order chi connectivity index (χ0) is 7.56. The molecule has 1 rings (SSSR count). The quantitative estimate of drug-likeness (QED) is 0.544. The van der Waals surface area contributed by atoms with E-state index in [1.807, 2.05) is 0 Å². The van der Waals surface area contributed by atoms with Gasteiger partial charge in [0.25, 0.3) is 0 Å². The van der Waals surface area contributed by atoms with Gasteiger partial charge in [-0.05, 0) is 18.3 Å². The summed E-state index contributed by atoms with van der Waals surface area (Å²) in [5, 5.41) is 0. The van der Waals surface area contributed by atoms with Gasteiger partial charge < -0.3 is 4.74 Å². The molecule has 1 unspecified atom stereocenters. The van der Waals surface area contributed by atoms with Gasteiger partial charge in [0, 0.05) is 6.42 Å². The summed E-state index contributed by atoms with van der Waals surface area (Å²) in [6.45, 7) is 9.18. The molecule has 1 nitrogen and oxygen atoms in total. The molecule has 0 aromatic carbocycles. The van der Waals surface area contributed by atoms with Crippen LogP contribution in [0.4, 0.5) is 0 Å². The van der Waals surface area contributed by atoms with Gasteiger partial charge >= 0.3 is 0 Å². The van der Waals surface area contributed by atoms with E-state index < -0.39 is 0 Å². The minimum atomic E-state index is 0.755. The Morgan fingerprint density at radius 3 is 2.70 bits per heavy atom. The van der Waals surface area contributed by atoms with E-state index >= 15 is 0 Å². The number of hydrogen-bond donors (Lipinski definition) is 0. The van der Waals surface area contributed by atoms with Gasteiger partial charge in [-0.2, -0.15) is 0 Å². The molecule has 0 amide bonds. The number of hydrogen-bond acceptors (Lipinski definition) is 1. The Balaban J connectivity index is 2.33. The smallest absolute Gasteiger partial charge is 0.0907 e. The lowest BCUT2D eigenvalue weighted by Gasteiger charge is -2.26. The molecular formula is C9H16O. The molecule has 0 aliphatic carbocycles. The van der Waals surface area contributed by atoms with Gasteiger partial charge in [-0.15, -0.1) is 0 Å². The lowest BCUT2D eigenvalue weighted by Crippen LogP contribution is -2.20. The van der Waals surface area contributed by atoms with Crippen molar-refractivity contribution in [3.05, 3.63) is 12.3 Å². The summed E-state index contributed by atoms with van der Waals surface area (Å²) in [6.07, 6.45) is 2.32. The van der Waals surface area contributed by atoms with Crippen molar-refractivity contribution in [1.29, 1.82) is 0 Å². The maximum absolute atomic E-state index is 5.36. The SMILES string of the molecule is C=C1CCC(C(C)C)CO1. The number of ether oxygens (including phenoxy) is 1. The van der Waals surface area contributed by atoms with Gasteiger partial charge in [-0.1, -0.05) is 20.4 Å². The highest BCUT2D eigenvalue weighted by atomic mass is 16.5. The van der Waals surface area contributed by atoms with Crippen molar-refractivity contribution in [1.82, 2.24) is 0 Å². The fourth-order valence-electron chi connectivity index (χ4n) is 1.25. The maximum atomic E-state index is 5.36. The monoisotopic (exact) mass is 140 g/mol. The minimum Gasteiger partial charge on any atom is -0.498 e. The predicted octanol–water partition coefficient (Wildman–Crippen LogP) is 2.58. The molecule has 0 bridgehead atoms. The third-order valence-corrected chi connectivity index (χ3v) is 2.24. The van der Waals surface area contributed by atoms with E-state index in [0.717, 1.165) is 30.6 Å². The Morgan fingerprint density at radius 1 is 1.60 bits per heavy atom. The van der Waals surface area contributed by atoms with Crippen molar-refractivity contribution in [3.8, 4) is 0 Å². The average molecular weight is 140 g/mol. The standard InChI is InChI=1S/C9H16O/c1-7(2)9-5-4-8(3)10-6-9/h7,9H,3-6H2,1-2H3. The molecule has 1 heterocycles. The Labute approximate surface area is 63.1 Å². The second-order valence-corrected chi connectivity index (χ2v) is 3.39. The van der Waals surface area contributed by atoms with Gasteiger partial charge in [0.1, 0.15) is 0 Å². The van der Waals surface area contributed by atoms with Crippen LogP contribution >= 0.6 is 0 Å². The van der Waals surface area contributed by atoms with Crippen molar-refractivity contribution >= 4 is 0 Å². The third-order valence-electron chi connectivity index (χ3n) is 2.24. The normalized spacial score (nSPS) is 26.7. The van der Waals surface area contributed by atoms with Gasteiger partial charge in [-0.3, -0.25) is 0 Å². The molecular weight excluding hydrogens is 124 g/mol. The summed E-state index contributed by atoms with van der Waals surface area (Å²) >= 11 is 0. The Bertz CT molecular complexity index is 117. The van der Waals surface area contributed by atoms with Crippen LogP contribution in [-0.2, 0) is 4.74 Å². The topological polar surface area (TPSA) is 9.23 Å². The number of allylic oxidation sites excluding steroid dienone is 1. The van der Waals surface area contributed by atoms with Crippen LogP contribution in [0.2, 0.25) is 0 Å². The molecule has 0 N–H and O–H groups in total. The van der Waals surface area contributed by atoms with E-state index in [4.69, 9.17) is 4.74 Å². The molecule has 1 atom stereocenters. The van der Waals surface area contributed by atoms with E-state index in [2.05, 4.69) is 20.4 Å². The highest BCUT2D eigenvalue weighted by Gasteiger charge is 2.18. The van der Waals surface area contributed by atoms with Crippen molar-refractivity contribution < 1.29 is 4.74 Å². The Hall–Kier alpha value is -0.460. The lowest BCUT2D eigenvalue weighted by molar-refractivity contribution is 0.0924. The first-order valence-corrected chi connectivity index (χ1v) is 4.00. The third kappa shape index (κ3) is 1.76. The molecule has 1 fully saturated rings. The highest BCUT2D eigenvalue weighted by Crippen LogP contribution is 2.25. The average Bonchev–Trinajstić information content (AvgIpc) is 1.88. The fourth-order valence-corrected chi connectivity index (χ4v) is 1.25. The summed E-state index contributed by atoms with van der Waals surface area (Å²) in [5.74, 6) is 2.48. The molecule has 58 valence electrons. The van der Waals surface area contributed by atoms with E-state index in [0.29, 0.717) is 0 Å². The van der Waals surface area contributed by atoms with Gasteiger partial charge in [0.2, 0.25) is 0 Å². The largest absolute Gasteiger partial charge is 0.498 e. The van der Waals surface area contributed by atoms with Crippen LogP contribution in [0.25, 0.3) is 0 Å². The minimum absolute atomic E-state index is 0.755. The molecule has 0 spiro atoms. The molecule has 0 radical (unpaired) electrons. The van der Waals surface area contributed by atoms with E-state index in [1.54, 1.807) is 0 Å². The van der Waals surface area contributed by atoms with E-state index in [9.17, 15) is 0 Å². The summed E-state index contributed by atoms with van der Waals surface area (Å²) < 4.78 is 5.36. The molecule has 1 heteroatoms. The fraction of sp³-hybridized carbons (Fsp3) is 0.778. The highest BCUT2D eigenvalue weighted by molar-refractivity contribution is 4.87. The zero-order valence-corrected chi connectivity index (χ0v) is 6.89. The van der Waals surface area contributed by atoms with Crippen molar-refractivity contribution in [2.75, 3.05) is 6.61 Å². The molecule has 10 heavy (non-hydrogen) atoms. The molecule has 0 saturated carbocycles. The summed E-state index contributed by atoms with van der Waals surface area (Å²) in [6, 6.07) is 0. The van der Waals surface area contributed by atoms with Crippen LogP contribution in [0.3, 0.4) is 0 Å². The lowest BCUT2D eigenvalue weighted by atomic mass is 9.90. The Kier molecular flexibility index (Phi) is 2.36. The van der Waals surface area contributed by atoms with Gasteiger partial charge in [0.05, 0.1) is 12.4 Å². The zero-order valence-electron chi connectivity index (χ0n) is 6.89. The van der Waals surface area contributed by atoms with E-state index in [1.165, 1.54) is 6.42 Å². The maximum Gasteiger partial charge on any atom is 0.0907 e. The molecule has 0 aromatic heterocycles. The molecule has 1 aliphatic heterocycles. The van der Waals surface area contributed by atoms with Crippen molar-refractivity contribution in [2.24, 2.45) is 11.8 Å². The van der Waals surface area contributed by atoms with Crippen LogP contribution in [0.5, 0.6) is 0 Å². The first-order valence-electron chi connectivity index (χ1n) is 4.00. The van der Waals surface area contributed by atoms with Crippen LogP contribution in [0.15, 0.2) is 12.3 Å². The predicted molar refractivity (Wildman–Crippen MR) is 42.7 cm³/mol. The summed E-state index contributed by atoms with van der Waals surface area (Å²) in [4.78, 5) is 0. The number of rotatable bonds is 1. The second-order valence-electron chi connectivity index (χ2n) is 3.39. The Morgan fingerprint density at radius 2 is 2.30 bits per heavy atom. The van der Waals surface area contributed by atoms with Gasteiger partial charge in [-0.25, -0.2) is 0 Å². The van der Waals surface area contributed by atoms with E-state index in [-0.39, 0.29) is 0 Å². The first kappa shape index (κ1) is 7.64. The summed E-state index contributed by atoms with van der Waals surface area (Å²) in [5.41, 5.74) is 0. The van der Waals surface area contributed by atoms with Crippen LogP contribution in [0, 0.1) is 11.8 Å². The molecule has 0 aromatic rings. The van der Waals surface area contributed by atoms with Crippen LogP contribution in [-0.4, -0.2) is 6.61 Å². The van der Waals surface area contributed by atoms with Crippen molar-refractivity contribution in [3.63, 3.8) is 0 Å². The van der Waals surface area contributed by atoms with Gasteiger partial charge in [0.15, 0.2) is 0 Å².